The van der Waals surface area contributed by atoms with E-state index in [2.05, 4.69) is 82.3 Å². The topological polar surface area (TPSA) is 65.8 Å². The number of hydrogen-bond donors (Lipinski definition) is 2. The van der Waals surface area contributed by atoms with Gasteiger partial charge in [-0.05, 0) is 73.9 Å². The summed E-state index contributed by atoms with van der Waals surface area (Å²) < 4.78 is 1.37. The third kappa shape index (κ3) is 34.3. The normalized spacial score (nSPS) is 11.9. The Morgan fingerprint density at radius 3 is 1.02 bits per heavy atom. The van der Waals surface area contributed by atoms with E-state index >= 15 is 0 Å². The summed E-state index contributed by atoms with van der Waals surface area (Å²) in [6, 6.07) is 17.5. The Balaban J connectivity index is 0.00000324. The molecular weight excluding hydrogens is 827 g/mol. The average Bonchev–Trinajstić information content (AvgIpc) is 3.69. The van der Waals surface area contributed by atoms with Crippen molar-refractivity contribution in [1.82, 2.24) is 0 Å². The first-order chi connectivity index (χ1) is 31.1. The average molecular weight is 930 g/mol. The van der Waals surface area contributed by atoms with E-state index in [1.807, 2.05) is 6.08 Å². The van der Waals surface area contributed by atoms with Gasteiger partial charge in [0.1, 0.15) is 0 Å². The molecule has 4 nitrogen and oxygen atoms in total. The van der Waals surface area contributed by atoms with Crippen LogP contribution in [0.4, 0.5) is 0 Å². The maximum Gasteiger partial charge on any atom is 0.207 e. The van der Waals surface area contributed by atoms with Gasteiger partial charge in [0.2, 0.25) is 11.4 Å². The van der Waals surface area contributed by atoms with Gasteiger partial charge in [-0.25, -0.2) is 4.70 Å². The molecule has 0 bridgehead atoms. The van der Waals surface area contributed by atoms with E-state index in [1.165, 1.54) is 215 Å². The minimum Gasteiger partial charge on any atom is -0.493 e. The maximum atomic E-state index is 11.1. The largest absolute Gasteiger partial charge is 0.493 e. The molecule has 5 heteroatoms. The van der Waals surface area contributed by atoms with Crippen molar-refractivity contribution in [3.63, 3.8) is 0 Å². The fourth-order valence-corrected chi connectivity index (χ4v) is 8.49. The molecule has 0 saturated heterocycles. The van der Waals surface area contributed by atoms with Crippen LogP contribution in [0, 0.1) is 0 Å². The first-order valence-electron chi connectivity index (χ1n) is 27.4. The Morgan fingerprint density at radius 1 is 0.359 bits per heavy atom. The predicted octanol–water partition coefficient (Wildman–Crippen LogP) is 18.9. The van der Waals surface area contributed by atoms with Crippen LogP contribution in [-0.4, -0.2) is 28.1 Å². The number of benzene rings is 2. The Bertz CT molecular complexity index is 1360. The molecule has 3 rings (SSSR count). The zero-order valence-electron chi connectivity index (χ0n) is 42.5. The zero-order chi connectivity index (χ0) is 45.7. The van der Waals surface area contributed by atoms with Gasteiger partial charge in [-0.1, -0.05) is 251 Å². The molecule has 2 aromatic carbocycles. The van der Waals surface area contributed by atoms with Crippen LogP contribution in [0.2, 0.25) is 0 Å². The van der Waals surface area contributed by atoms with E-state index in [1.54, 1.807) is 0 Å². The van der Waals surface area contributed by atoms with E-state index in [0.29, 0.717) is 13.2 Å². The molecule has 2 N–H and O–H groups in total. The van der Waals surface area contributed by atoms with Crippen LogP contribution in [0.25, 0.3) is 16.9 Å². The van der Waals surface area contributed by atoms with E-state index in [-0.39, 0.29) is 16.5 Å². The fourth-order valence-electron chi connectivity index (χ4n) is 8.49. The number of rotatable bonds is 39. The molecule has 0 radical (unpaired) electrons. The molecule has 0 amide bonds. The van der Waals surface area contributed by atoms with E-state index in [0.717, 1.165) is 61.0 Å². The Kier molecular flexibility index (Phi) is 45.9. The summed E-state index contributed by atoms with van der Waals surface area (Å²) in [6.45, 7) is 9.36. The van der Waals surface area contributed by atoms with Crippen molar-refractivity contribution in [1.29, 1.82) is 0 Å². The summed E-state index contributed by atoms with van der Waals surface area (Å²) in [4.78, 5) is 0. The van der Waals surface area contributed by atoms with Gasteiger partial charge in [0.05, 0.1) is 0 Å². The molecule has 1 aliphatic heterocycles. The number of aliphatic hydroxyl groups is 2. The molecule has 1 heterocycles. The fraction of sp³-hybridized carbons (Fsp3) is 0.729. The SMILES string of the molecule is CCCCCCCCCCCCCCCCCCCCCCCCCCCCCc1cccc(C2=CC=C(c3ccc(CCCCCC)cc3)[N+]2=[N-])c1.CCCCO.CCCCO.[Ni]. The maximum absolute atomic E-state index is 11.1. The third-order valence-corrected chi connectivity index (χ3v) is 12.7. The van der Waals surface area contributed by atoms with Crippen LogP contribution in [0.15, 0.2) is 60.7 Å². The monoisotopic (exact) mass is 929 g/mol. The van der Waals surface area contributed by atoms with Crippen LogP contribution in [0.3, 0.4) is 0 Å². The van der Waals surface area contributed by atoms with Crippen molar-refractivity contribution in [2.45, 2.75) is 265 Å². The van der Waals surface area contributed by atoms with Crippen molar-refractivity contribution in [3.8, 4) is 0 Å². The third-order valence-electron chi connectivity index (χ3n) is 12.7. The Labute approximate surface area is 407 Å². The van der Waals surface area contributed by atoms with Crippen LogP contribution >= 0.6 is 0 Å². The standard InChI is InChI=1S/C51H82N2.2C4H10O.Ni/c1-3-5-7-9-10-11-12-13-14-15-16-17-18-19-20-21-22-23-24-25-26-27-28-29-30-31-33-36-47-37-34-38-49(45-47)51-44-43-50(53(51)52)48-41-39-46(40-42-48)35-32-8-6-4-2;2*1-2-3-4-5;/h34,37-45H,3-33,35-36H2,1-2H3;2*5H,2-4H2,1H3;. The van der Waals surface area contributed by atoms with Crippen molar-refractivity contribution >= 4 is 11.4 Å². The number of aliphatic hydroxyl groups excluding tert-OH is 2. The number of unbranched alkanes of at least 4 members (excludes halogenated alkanes) is 31. The van der Waals surface area contributed by atoms with E-state index in [4.69, 9.17) is 10.2 Å². The number of nitrogens with zero attached hydrogens (tertiary/aromatic N) is 2. The summed E-state index contributed by atoms with van der Waals surface area (Å²) in [5, 5.41) is 16.1. The number of hydrogen-bond acceptors (Lipinski definition) is 2. The second-order valence-electron chi connectivity index (χ2n) is 18.7. The predicted molar refractivity (Wildman–Crippen MR) is 278 cm³/mol. The summed E-state index contributed by atoms with van der Waals surface area (Å²) in [5.74, 6) is 0. The van der Waals surface area contributed by atoms with Crippen molar-refractivity contribution < 1.29 is 31.4 Å². The van der Waals surface area contributed by atoms with Gasteiger partial charge >= 0.3 is 0 Å². The minimum absolute atomic E-state index is 0. The smallest absolute Gasteiger partial charge is 0.207 e. The van der Waals surface area contributed by atoms with Crippen LogP contribution in [-0.2, 0) is 29.3 Å². The Hall–Kier alpha value is -2.07. The van der Waals surface area contributed by atoms with E-state index in [9.17, 15) is 5.53 Å². The van der Waals surface area contributed by atoms with Crippen molar-refractivity contribution in [3.05, 3.63) is 88.5 Å². The second kappa shape index (κ2) is 47.4. The summed E-state index contributed by atoms with van der Waals surface area (Å²) in [6.07, 6.45) is 54.4. The quantitative estimate of drug-likeness (QED) is 0.0398. The van der Waals surface area contributed by atoms with Gasteiger partial charge in [-0.15, -0.1) is 0 Å². The zero-order valence-corrected chi connectivity index (χ0v) is 43.4. The van der Waals surface area contributed by atoms with Crippen LogP contribution in [0.5, 0.6) is 0 Å². The van der Waals surface area contributed by atoms with Gasteiger partial charge < -0.3 is 15.7 Å². The van der Waals surface area contributed by atoms with Gasteiger partial charge in [0.15, 0.2) is 0 Å². The molecule has 0 spiro atoms. The minimum atomic E-state index is 0. The van der Waals surface area contributed by atoms with Crippen molar-refractivity contribution in [2.75, 3.05) is 13.2 Å². The van der Waals surface area contributed by atoms with Crippen LogP contribution < -0.4 is 0 Å². The molecule has 1 aliphatic rings. The van der Waals surface area contributed by atoms with Gasteiger partial charge in [0.25, 0.3) is 0 Å². The molecule has 0 aromatic heterocycles. The van der Waals surface area contributed by atoms with Gasteiger partial charge in [-0.2, -0.15) is 0 Å². The van der Waals surface area contributed by atoms with Gasteiger partial charge in [-0.3, -0.25) is 0 Å². The molecule has 2 aromatic rings. The molecule has 0 unspecified atom stereocenters. The first-order valence-corrected chi connectivity index (χ1v) is 27.4. The second-order valence-corrected chi connectivity index (χ2v) is 18.7. The molecule has 64 heavy (non-hydrogen) atoms. The summed E-state index contributed by atoms with van der Waals surface area (Å²) in [5.41, 5.74) is 17.7. The molecular formula is C59H102N2NiO2. The van der Waals surface area contributed by atoms with Gasteiger partial charge in [0, 0.05) is 53.0 Å². The summed E-state index contributed by atoms with van der Waals surface area (Å²) >= 11 is 0. The van der Waals surface area contributed by atoms with Crippen LogP contribution in [0.1, 0.15) is 275 Å². The molecule has 0 saturated carbocycles. The van der Waals surface area contributed by atoms with Crippen molar-refractivity contribution in [2.24, 2.45) is 0 Å². The number of allylic oxidation sites excluding steroid dienone is 2. The molecule has 0 atom stereocenters. The van der Waals surface area contributed by atoms with E-state index < -0.39 is 0 Å². The number of aryl methyl sites for hydroxylation is 2. The summed E-state index contributed by atoms with van der Waals surface area (Å²) in [7, 11) is 0. The molecule has 370 valence electrons. The molecule has 0 fully saturated rings. The molecule has 0 aliphatic carbocycles. The Morgan fingerprint density at radius 2 is 0.672 bits per heavy atom. The first kappa shape index (κ1) is 61.9.